The molecule has 0 saturated heterocycles. The van der Waals surface area contributed by atoms with Crippen LogP contribution in [0.3, 0.4) is 0 Å². The van der Waals surface area contributed by atoms with Crippen molar-refractivity contribution in [2.45, 2.75) is 25.3 Å². The van der Waals surface area contributed by atoms with Gasteiger partial charge < -0.3 is 18.9 Å². The number of hydrogen-bond donors (Lipinski definition) is 0. The molecular weight excluding hydrogens is 430 g/mol. The highest BCUT2D eigenvalue weighted by atomic mass is 19.3. The van der Waals surface area contributed by atoms with Gasteiger partial charge in [0.2, 0.25) is 6.23 Å². The highest BCUT2D eigenvalue weighted by Crippen LogP contribution is 2.48. The third-order valence-corrected chi connectivity index (χ3v) is 5.96. The van der Waals surface area contributed by atoms with E-state index < -0.39 is 12.8 Å². The van der Waals surface area contributed by atoms with Gasteiger partial charge in [0.15, 0.2) is 11.5 Å². The molecule has 0 radical (unpaired) electrons. The Balaban J connectivity index is 1.36. The van der Waals surface area contributed by atoms with Gasteiger partial charge in [-0.2, -0.15) is 13.9 Å². The Labute approximate surface area is 188 Å². The van der Waals surface area contributed by atoms with E-state index in [4.69, 9.17) is 19.3 Å². The van der Waals surface area contributed by atoms with Crippen LogP contribution in [0, 0.1) is 0 Å². The van der Waals surface area contributed by atoms with Gasteiger partial charge in [-0.3, -0.25) is 0 Å². The number of nitrogens with zero attached hydrogens (tertiary/aromatic N) is 2. The second kappa shape index (κ2) is 7.95. The van der Waals surface area contributed by atoms with E-state index >= 15 is 0 Å². The zero-order valence-corrected chi connectivity index (χ0v) is 17.5. The van der Waals surface area contributed by atoms with Crippen molar-refractivity contribution in [3.8, 4) is 23.0 Å². The molecule has 0 aromatic heterocycles. The highest BCUT2D eigenvalue weighted by molar-refractivity contribution is 6.02. The number of hydrazone groups is 1. The fraction of sp³-hybridized carbons (Fsp3) is 0.240. The van der Waals surface area contributed by atoms with E-state index in [0.717, 1.165) is 33.9 Å². The van der Waals surface area contributed by atoms with Crippen LogP contribution in [0.15, 0.2) is 71.8 Å². The number of hydrogen-bond acceptors (Lipinski definition) is 6. The minimum atomic E-state index is -2.87. The van der Waals surface area contributed by atoms with Crippen molar-refractivity contribution < 1.29 is 27.7 Å². The summed E-state index contributed by atoms with van der Waals surface area (Å²) in [4.78, 5) is 0. The van der Waals surface area contributed by atoms with Gasteiger partial charge >= 0.3 is 6.61 Å². The summed E-state index contributed by atoms with van der Waals surface area (Å²) < 4.78 is 47.3. The van der Waals surface area contributed by atoms with E-state index in [1.54, 1.807) is 12.1 Å². The van der Waals surface area contributed by atoms with Crippen LogP contribution in [0.25, 0.3) is 0 Å². The zero-order valence-electron chi connectivity index (χ0n) is 17.5. The lowest BCUT2D eigenvalue weighted by Gasteiger charge is -2.38. The number of rotatable bonds is 4. The van der Waals surface area contributed by atoms with E-state index in [0.29, 0.717) is 25.4 Å². The molecule has 0 aliphatic carbocycles. The van der Waals surface area contributed by atoms with E-state index in [9.17, 15) is 8.78 Å². The third kappa shape index (κ3) is 3.61. The summed E-state index contributed by atoms with van der Waals surface area (Å²) in [6.45, 7) is -1.80. The first kappa shape index (κ1) is 19.8. The topological polar surface area (TPSA) is 52.5 Å². The Hall–Kier alpha value is -3.81. The van der Waals surface area contributed by atoms with Crippen LogP contribution >= 0.6 is 0 Å². The summed E-state index contributed by atoms with van der Waals surface area (Å²) in [5.74, 6) is 2.34. The minimum Gasteiger partial charge on any atom is -0.486 e. The summed E-state index contributed by atoms with van der Waals surface area (Å²) in [6.07, 6.45) is 0.198. The molecule has 2 atom stereocenters. The third-order valence-electron chi connectivity index (χ3n) is 5.96. The lowest BCUT2D eigenvalue weighted by molar-refractivity contribution is -0.0499. The van der Waals surface area contributed by atoms with Gasteiger partial charge in [0.05, 0.1) is 11.8 Å². The van der Waals surface area contributed by atoms with Gasteiger partial charge in [0, 0.05) is 23.1 Å². The Morgan fingerprint density at radius 1 is 0.909 bits per heavy atom. The van der Waals surface area contributed by atoms with Crippen molar-refractivity contribution >= 4 is 5.71 Å². The number of alkyl halides is 2. The van der Waals surface area contributed by atoms with Crippen molar-refractivity contribution in [3.05, 3.63) is 83.4 Å². The first-order valence-corrected chi connectivity index (χ1v) is 10.7. The van der Waals surface area contributed by atoms with Crippen LogP contribution in [-0.2, 0) is 0 Å². The zero-order chi connectivity index (χ0) is 22.4. The number of benzene rings is 3. The second-order valence-electron chi connectivity index (χ2n) is 7.96. The van der Waals surface area contributed by atoms with Crippen LogP contribution in [0.4, 0.5) is 8.78 Å². The maximum absolute atomic E-state index is 12.5. The molecule has 0 unspecified atom stereocenters. The van der Waals surface area contributed by atoms with Crippen LogP contribution in [0.5, 0.6) is 23.0 Å². The summed E-state index contributed by atoms with van der Waals surface area (Å²) in [5.41, 5.74) is 3.73. The number of halogens is 2. The molecule has 0 bridgehead atoms. The SMILES string of the molecule is FC(F)Oc1ccc([C@H]2Oc3ccccc3[C@H]3CC(c4ccc5c(c4)OCCO5)=NN32)cc1. The number of fused-ring (bicyclic) bond motifs is 4. The molecule has 0 spiro atoms. The van der Waals surface area contributed by atoms with E-state index in [1.165, 1.54) is 12.1 Å². The van der Waals surface area contributed by atoms with E-state index in [1.807, 2.05) is 47.5 Å². The Bertz CT molecular complexity index is 1220. The molecule has 6 rings (SSSR count). The minimum absolute atomic E-state index is 0.0138. The number of ether oxygens (including phenoxy) is 4. The van der Waals surface area contributed by atoms with E-state index in [-0.39, 0.29) is 11.8 Å². The average molecular weight is 450 g/mol. The predicted octanol–water partition coefficient (Wildman–Crippen LogP) is 5.30. The molecule has 168 valence electrons. The predicted molar refractivity (Wildman–Crippen MR) is 116 cm³/mol. The van der Waals surface area contributed by atoms with Crippen molar-refractivity contribution in [1.29, 1.82) is 0 Å². The van der Waals surface area contributed by atoms with Gasteiger partial charge in [-0.25, -0.2) is 5.01 Å². The summed E-state index contributed by atoms with van der Waals surface area (Å²) in [7, 11) is 0. The molecule has 33 heavy (non-hydrogen) atoms. The maximum Gasteiger partial charge on any atom is 0.387 e. The summed E-state index contributed by atoms with van der Waals surface area (Å²) >= 11 is 0. The van der Waals surface area contributed by atoms with Crippen LogP contribution in [0.1, 0.15) is 35.4 Å². The van der Waals surface area contributed by atoms with Gasteiger partial charge in [-0.05, 0) is 48.5 Å². The lowest BCUT2D eigenvalue weighted by Crippen LogP contribution is -2.33. The average Bonchev–Trinajstić information content (AvgIpc) is 3.29. The highest BCUT2D eigenvalue weighted by Gasteiger charge is 2.41. The maximum atomic E-state index is 12.5. The standard InChI is InChI=1S/C25H20F2N2O4/c26-25(27)32-17-8-5-15(6-9-17)24-29-20(18-3-1-2-4-21(18)33-24)14-19(28-29)16-7-10-22-23(13-16)31-12-11-30-22/h1-10,13,20,24-25H,11-12,14H2/t20-,24-/m1/s1. The Morgan fingerprint density at radius 2 is 1.70 bits per heavy atom. The first-order valence-electron chi connectivity index (χ1n) is 10.7. The normalized spacial score (nSPS) is 20.6. The monoisotopic (exact) mass is 450 g/mol. The molecule has 6 nitrogen and oxygen atoms in total. The molecule has 0 N–H and O–H groups in total. The van der Waals surface area contributed by atoms with Crippen molar-refractivity contribution in [1.82, 2.24) is 5.01 Å². The fourth-order valence-corrected chi connectivity index (χ4v) is 4.47. The molecule has 8 heteroatoms. The molecule has 3 aromatic rings. The van der Waals surface area contributed by atoms with Crippen molar-refractivity contribution in [2.75, 3.05) is 13.2 Å². The molecule has 0 fully saturated rings. The van der Waals surface area contributed by atoms with Crippen LogP contribution < -0.4 is 18.9 Å². The molecule has 0 saturated carbocycles. The second-order valence-corrected chi connectivity index (χ2v) is 7.96. The largest absolute Gasteiger partial charge is 0.486 e. The van der Waals surface area contributed by atoms with Gasteiger partial charge in [0.25, 0.3) is 0 Å². The molecular formula is C25H20F2N2O4. The first-order chi connectivity index (χ1) is 16.2. The fourth-order valence-electron chi connectivity index (χ4n) is 4.47. The van der Waals surface area contributed by atoms with Crippen LogP contribution in [-0.4, -0.2) is 30.5 Å². The van der Waals surface area contributed by atoms with Gasteiger partial charge in [-0.1, -0.05) is 18.2 Å². The Kier molecular flexibility index (Phi) is 4.78. The van der Waals surface area contributed by atoms with Crippen molar-refractivity contribution in [2.24, 2.45) is 5.10 Å². The molecule has 3 aliphatic rings. The van der Waals surface area contributed by atoms with Gasteiger partial charge in [0.1, 0.15) is 24.7 Å². The summed E-state index contributed by atoms with van der Waals surface area (Å²) in [5, 5.41) is 6.88. The van der Waals surface area contributed by atoms with E-state index in [2.05, 4.69) is 4.74 Å². The molecule has 3 aromatic carbocycles. The van der Waals surface area contributed by atoms with Crippen LogP contribution in [0.2, 0.25) is 0 Å². The number of para-hydroxylation sites is 1. The smallest absolute Gasteiger partial charge is 0.387 e. The quantitative estimate of drug-likeness (QED) is 0.540. The Morgan fingerprint density at radius 3 is 2.52 bits per heavy atom. The molecule has 0 amide bonds. The summed E-state index contributed by atoms with van der Waals surface area (Å²) in [6, 6.07) is 20.2. The lowest BCUT2D eigenvalue weighted by atomic mass is 9.95. The van der Waals surface area contributed by atoms with Crippen molar-refractivity contribution in [3.63, 3.8) is 0 Å². The van der Waals surface area contributed by atoms with Gasteiger partial charge in [-0.15, -0.1) is 0 Å². The molecule has 3 heterocycles. The molecule has 3 aliphatic heterocycles.